The Hall–Kier alpha value is 1.09. The smallest absolute Gasteiger partial charge is 0.211 e. The van der Waals surface area contributed by atoms with Gasteiger partial charge in [-0.2, -0.15) is 0 Å². The quantitative estimate of drug-likeness (QED) is 0.314. The van der Waals surface area contributed by atoms with Crippen LogP contribution in [0.5, 0.6) is 0 Å². The van der Waals surface area contributed by atoms with Gasteiger partial charge in [-0.3, -0.25) is 5.41 Å². The first kappa shape index (κ1) is 13.1. The SMILES string of the molecule is CC(CC(N)I)CC(C)C(=[NH2+])I. The highest BCUT2D eigenvalue weighted by Crippen LogP contribution is 2.19. The van der Waals surface area contributed by atoms with Gasteiger partial charge >= 0.3 is 0 Å². The van der Waals surface area contributed by atoms with E-state index in [-0.39, 0.29) is 4.05 Å². The second kappa shape index (κ2) is 6.53. The first-order valence-electron chi connectivity index (χ1n) is 4.11. The molecule has 0 radical (unpaired) electrons. The van der Waals surface area contributed by atoms with E-state index in [4.69, 9.17) is 11.1 Å². The topological polar surface area (TPSA) is 51.6 Å². The molecule has 0 aliphatic rings. The third-order valence-electron chi connectivity index (χ3n) is 1.85. The standard InChI is InChI=1S/C8H16I2N2/c1-5(4-7(9)11)3-6(2)8(10)12/h5-7,12H,3-4,11H2,1-2H3/p+1. The molecule has 0 bridgehead atoms. The molecular formula is C8H17I2N2+. The van der Waals surface area contributed by atoms with E-state index in [1.807, 2.05) is 0 Å². The molecule has 0 aromatic rings. The highest BCUT2D eigenvalue weighted by atomic mass is 127. The summed E-state index contributed by atoms with van der Waals surface area (Å²) >= 11 is 4.46. The molecule has 4 heteroatoms. The van der Waals surface area contributed by atoms with E-state index < -0.39 is 0 Å². The van der Waals surface area contributed by atoms with Crippen LogP contribution in [0.25, 0.3) is 0 Å². The van der Waals surface area contributed by atoms with Crippen molar-refractivity contribution in [1.82, 2.24) is 0 Å². The minimum atomic E-state index is 0.278. The van der Waals surface area contributed by atoms with E-state index >= 15 is 0 Å². The van der Waals surface area contributed by atoms with Gasteiger partial charge in [0.25, 0.3) is 0 Å². The summed E-state index contributed by atoms with van der Waals surface area (Å²) in [6.07, 6.45) is 2.22. The lowest BCUT2D eigenvalue weighted by atomic mass is 9.96. The summed E-state index contributed by atoms with van der Waals surface area (Å²) in [5.74, 6) is 1.18. The molecule has 0 saturated carbocycles. The van der Waals surface area contributed by atoms with Crippen molar-refractivity contribution < 1.29 is 5.41 Å². The Labute approximate surface area is 102 Å². The van der Waals surface area contributed by atoms with Gasteiger partial charge in [-0.25, -0.2) is 0 Å². The zero-order valence-electron chi connectivity index (χ0n) is 7.56. The van der Waals surface area contributed by atoms with Crippen LogP contribution >= 0.6 is 45.2 Å². The van der Waals surface area contributed by atoms with Crippen LogP contribution in [0.4, 0.5) is 0 Å². The molecule has 0 fully saturated rings. The number of nitrogens with two attached hydrogens (primary N) is 2. The van der Waals surface area contributed by atoms with Gasteiger partial charge in [0.1, 0.15) is 0 Å². The molecule has 3 unspecified atom stereocenters. The number of hydrogen-bond donors (Lipinski definition) is 2. The summed E-state index contributed by atoms with van der Waals surface area (Å²) in [7, 11) is 0. The number of alkyl halides is 1. The second-order valence-electron chi connectivity index (χ2n) is 3.38. The highest BCUT2D eigenvalue weighted by molar-refractivity contribution is 14.1. The summed E-state index contributed by atoms with van der Waals surface area (Å²) in [6, 6.07) is 0. The molecule has 72 valence electrons. The van der Waals surface area contributed by atoms with Crippen molar-refractivity contribution >= 4 is 48.9 Å². The maximum atomic E-state index is 5.69. The summed E-state index contributed by atoms with van der Waals surface area (Å²) in [5.41, 5.74) is 5.69. The van der Waals surface area contributed by atoms with Crippen molar-refractivity contribution in [2.75, 3.05) is 0 Å². The van der Waals surface area contributed by atoms with Crippen LogP contribution in [-0.2, 0) is 0 Å². The largest absolute Gasteiger partial charge is 0.320 e. The Morgan fingerprint density at radius 2 is 1.92 bits per heavy atom. The van der Waals surface area contributed by atoms with Crippen molar-refractivity contribution in [3.8, 4) is 0 Å². The summed E-state index contributed by atoms with van der Waals surface area (Å²) in [4.78, 5) is 0. The van der Waals surface area contributed by atoms with E-state index in [9.17, 15) is 0 Å². The van der Waals surface area contributed by atoms with Crippen molar-refractivity contribution in [3.63, 3.8) is 0 Å². The molecule has 3 atom stereocenters. The van der Waals surface area contributed by atoms with Gasteiger partial charge < -0.3 is 5.73 Å². The summed E-state index contributed by atoms with van der Waals surface area (Å²) in [5, 5.41) is 5.69. The molecule has 0 spiro atoms. The summed E-state index contributed by atoms with van der Waals surface area (Å²) in [6.45, 7) is 4.39. The fourth-order valence-corrected chi connectivity index (χ4v) is 2.32. The molecule has 4 N–H and O–H groups in total. The average molecular weight is 395 g/mol. The van der Waals surface area contributed by atoms with Crippen molar-refractivity contribution in [1.29, 1.82) is 0 Å². The van der Waals surface area contributed by atoms with Crippen LogP contribution in [0.1, 0.15) is 26.7 Å². The Morgan fingerprint density at radius 3 is 2.25 bits per heavy atom. The van der Waals surface area contributed by atoms with E-state index in [1.165, 1.54) is 0 Å². The van der Waals surface area contributed by atoms with Crippen LogP contribution in [0.15, 0.2) is 0 Å². The number of hydrogen-bond acceptors (Lipinski definition) is 1. The normalized spacial score (nSPS) is 18.4. The first-order chi connectivity index (χ1) is 5.43. The molecular weight excluding hydrogens is 378 g/mol. The lowest BCUT2D eigenvalue weighted by Gasteiger charge is -2.14. The van der Waals surface area contributed by atoms with Gasteiger partial charge in [0.2, 0.25) is 3.72 Å². The molecule has 0 saturated heterocycles. The molecule has 0 aliphatic carbocycles. The van der Waals surface area contributed by atoms with Crippen LogP contribution in [0.3, 0.4) is 0 Å². The average Bonchev–Trinajstić information content (AvgIpc) is 1.84. The van der Waals surface area contributed by atoms with Crippen LogP contribution in [-0.4, -0.2) is 7.77 Å². The molecule has 0 aromatic carbocycles. The van der Waals surface area contributed by atoms with E-state index in [0.29, 0.717) is 11.8 Å². The minimum absolute atomic E-state index is 0.278. The third-order valence-corrected chi connectivity index (χ3v) is 3.43. The lowest BCUT2D eigenvalue weighted by molar-refractivity contribution is -0.112. The van der Waals surface area contributed by atoms with Crippen LogP contribution < -0.4 is 11.1 Å². The van der Waals surface area contributed by atoms with Gasteiger partial charge in [0.05, 0.1) is 4.05 Å². The maximum Gasteiger partial charge on any atom is 0.211 e. The maximum absolute atomic E-state index is 5.69. The molecule has 2 nitrogen and oxygen atoms in total. The van der Waals surface area contributed by atoms with Gasteiger partial charge in [0, 0.05) is 28.5 Å². The predicted octanol–water partition coefficient (Wildman–Crippen LogP) is 1.35. The van der Waals surface area contributed by atoms with Crippen molar-refractivity contribution in [3.05, 3.63) is 0 Å². The Morgan fingerprint density at radius 1 is 1.42 bits per heavy atom. The number of rotatable bonds is 5. The zero-order chi connectivity index (χ0) is 9.72. The first-order valence-corrected chi connectivity index (χ1v) is 6.43. The Kier molecular flexibility index (Phi) is 7.12. The highest BCUT2D eigenvalue weighted by Gasteiger charge is 2.15. The van der Waals surface area contributed by atoms with Gasteiger partial charge in [-0.15, -0.1) is 0 Å². The van der Waals surface area contributed by atoms with Crippen LogP contribution in [0.2, 0.25) is 0 Å². The van der Waals surface area contributed by atoms with E-state index in [2.05, 4.69) is 59.0 Å². The number of halogens is 2. The van der Waals surface area contributed by atoms with Gasteiger partial charge in [0.15, 0.2) is 0 Å². The second-order valence-corrected chi connectivity index (χ2v) is 6.22. The molecule has 0 heterocycles. The Bertz CT molecular complexity index is 148. The molecule has 0 amide bonds. The van der Waals surface area contributed by atoms with E-state index in [1.54, 1.807) is 0 Å². The van der Waals surface area contributed by atoms with E-state index in [0.717, 1.165) is 16.6 Å². The van der Waals surface area contributed by atoms with Crippen molar-refractivity contribution in [2.45, 2.75) is 30.7 Å². The predicted molar refractivity (Wildman–Crippen MR) is 70.5 cm³/mol. The van der Waals surface area contributed by atoms with Gasteiger partial charge in [-0.1, -0.05) is 36.4 Å². The molecule has 0 aliphatic heterocycles. The fraction of sp³-hybridized carbons (Fsp3) is 0.875. The Balaban J connectivity index is 3.68. The van der Waals surface area contributed by atoms with Gasteiger partial charge in [-0.05, 0) is 18.8 Å². The summed E-state index contributed by atoms with van der Waals surface area (Å²) < 4.78 is 1.28. The van der Waals surface area contributed by atoms with Crippen molar-refractivity contribution in [2.24, 2.45) is 17.6 Å². The lowest BCUT2D eigenvalue weighted by Crippen LogP contribution is -2.39. The van der Waals surface area contributed by atoms with Crippen LogP contribution in [0, 0.1) is 11.8 Å². The molecule has 0 rings (SSSR count). The third kappa shape index (κ3) is 6.59. The fourth-order valence-electron chi connectivity index (χ4n) is 1.20. The molecule has 0 aromatic heterocycles. The monoisotopic (exact) mass is 395 g/mol. The minimum Gasteiger partial charge on any atom is -0.320 e. The zero-order valence-corrected chi connectivity index (χ0v) is 11.9. The molecule has 12 heavy (non-hydrogen) atoms.